The topological polar surface area (TPSA) is 49.0 Å². The first-order chi connectivity index (χ1) is 11.7. The Morgan fingerprint density at radius 3 is 2.62 bits per heavy atom. The van der Waals surface area contributed by atoms with Gasteiger partial charge in [-0.25, -0.2) is 0 Å². The van der Waals surface area contributed by atoms with Crippen molar-refractivity contribution in [1.29, 1.82) is 0 Å². The Balaban J connectivity index is 1.47. The van der Waals surface area contributed by atoms with Gasteiger partial charge in [-0.3, -0.25) is 9.78 Å². The number of rotatable bonds is 2. The second-order valence-electron chi connectivity index (χ2n) is 6.26. The van der Waals surface area contributed by atoms with Crippen LogP contribution in [0.4, 0.5) is 0 Å². The van der Waals surface area contributed by atoms with Gasteiger partial charge in [-0.1, -0.05) is 11.6 Å². The van der Waals surface area contributed by atoms with Gasteiger partial charge in [-0.2, -0.15) is 0 Å². The van der Waals surface area contributed by atoms with Crippen LogP contribution in [0.5, 0.6) is 0 Å². The molecule has 24 heavy (non-hydrogen) atoms. The first-order valence-electron chi connectivity index (χ1n) is 8.18. The number of halogens is 1. The average Bonchev–Trinajstić information content (AvgIpc) is 3.05. The molecule has 1 aliphatic rings. The maximum absolute atomic E-state index is 12.7. The quantitative estimate of drug-likeness (QED) is 0.759. The standard InChI is InChI=1S/C19H18ClN3O/c20-16-1-2-17-15(11-16)12-18(22-17)19(24)23-9-5-14(6-10-23)13-3-7-21-8-4-13/h1-4,7-8,11-12,14,22H,5-6,9-10H2. The fourth-order valence-corrected chi connectivity index (χ4v) is 3.62. The van der Waals surface area contributed by atoms with Crippen molar-refractivity contribution in [2.45, 2.75) is 18.8 Å². The van der Waals surface area contributed by atoms with Gasteiger partial charge in [0.25, 0.3) is 5.91 Å². The van der Waals surface area contributed by atoms with E-state index >= 15 is 0 Å². The number of hydrogen-bond donors (Lipinski definition) is 1. The largest absolute Gasteiger partial charge is 0.351 e. The molecule has 1 aliphatic heterocycles. The van der Waals surface area contributed by atoms with Crippen LogP contribution in [-0.4, -0.2) is 33.9 Å². The van der Waals surface area contributed by atoms with Crippen LogP contribution in [0.3, 0.4) is 0 Å². The average molecular weight is 340 g/mol. The summed E-state index contributed by atoms with van der Waals surface area (Å²) in [6.07, 6.45) is 5.65. The molecule has 1 amide bonds. The number of H-pyrrole nitrogens is 1. The minimum atomic E-state index is 0.0653. The van der Waals surface area contributed by atoms with Crippen molar-refractivity contribution in [3.8, 4) is 0 Å². The molecule has 3 aromatic rings. The number of carbonyl (C=O) groups is 1. The summed E-state index contributed by atoms with van der Waals surface area (Å²) < 4.78 is 0. The number of pyridine rings is 1. The van der Waals surface area contributed by atoms with E-state index in [-0.39, 0.29) is 5.91 Å². The molecular weight excluding hydrogens is 322 g/mol. The molecule has 2 aromatic heterocycles. The van der Waals surface area contributed by atoms with Crippen LogP contribution in [0.2, 0.25) is 5.02 Å². The minimum Gasteiger partial charge on any atom is -0.351 e. The number of aromatic nitrogens is 2. The highest BCUT2D eigenvalue weighted by Gasteiger charge is 2.25. The Morgan fingerprint density at radius 2 is 1.88 bits per heavy atom. The van der Waals surface area contributed by atoms with Gasteiger partial charge in [0.15, 0.2) is 0 Å². The second kappa shape index (κ2) is 6.29. The Labute approximate surface area is 145 Å². The molecule has 0 radical (unpaired) electrons. The molecule has 3 heterocycles. The van der Waals surface area contributed by atoms with Crippen molar-refractivity contribution < 1.29 is 4.79 Å². The van der Waals surface area contributed by atoms with E-state index in [2.05, 4.69) is 22.1 Å². The third-order valence-corrected chi connectivity index (χ3v) is 5.01. The molecule has 0 unspecified atom stereocenters. The number of nitrogens with one attached hydrogen (secondary N) is 1. The zero-order valence-corrected chi connectivity index (χ0v) is 14.0. The van der Waals surface area contributed by atoms with E-state index in [1.807, 2.05) is 41.6 Å². The second-order valence-corrected chi connectivity index (χ2v) is 6.70. The number of nitrogens with zero attached hydrogens (tertiary/aromatic N) is 2. The third-order valence-electron chi connectivity index (χ3n) is 4.77. The summed E-state index contributed by atoms with van der Waals surface area (Å²) in [6, 6.07) is 11.6. The van der Waals surface area contributed by atoms with Gasteiger partial charge >= 0.3 is 0 Å². The van der Waals surface area contributed by atoms with Gasteiger partial charge in [0, 0.05) is 41.4 Å². The summed E-state index contributed by atoms with van der Waals surface area (Å²) in [6.45, 7) is 1.56. The zero-order valence-electron chi connectivity index (χ0n) is 13.2. The first-order valence-corrected chi connectivity index (χ1v) is 8.56. The molecule has 0 atom stereocenters. The summed E-state index contributed by atoms with van der Waals surface area (Å²) >= 11 is 6.02. The van der Waals surface area contributed by atoms with E-state index in [1.165, 1.54) is 5.56 Å². The number of fused-ring (bicyclic) bond motifs is 1. The highest BCUT2D eigenvalue weighted by Crippen LogP contribution is 2.28. The normalized spacial score (nSPS) is 15.8. The highest BCUT2D eigenvalue weighted by molar-refractivity contribution is 6.31. The number of likely N-dealkylation sites (tertiary alicyclic amines) is 1. The van der Waals surface area contributed by atoms with E-state index in [0.717, 1.165) is 36.8 Å². The van der Waals surface area contributed by atoms with Crippen molar-refractivity contribution in [2.75, 3.05) is 13.1 Å². The molecule has 5 heteroatoms. The Bertz CT molecular complexity index is 867. The smallest absolute Gasteiger partial charge is 0.270 e. The maximum Gasteiger partial charge on any atom is 0.270 e. The van der Waals surface area contributed by atoms with E-state index in [0.29, 0.717) is 16.6 Å². The first kappa shape index (κ1) is 15.2. The maximum atomic E-state index is 12.7. The predicted molar refractivity (Wildman–Crippen MR) is 95.4 cm³/mol. The SMILES string of the molecule is O=C(c1cc2cc(Cl)ccc2[nH]1)N1CCC(c2ccncc2)CC1. The molecule has 1 aromatic carbocycles. The van der Waals surface area contributed by atoms with Gasteiger partial charge in [-0.15, -0.1) is 0 Å². The van der Waals surface area contributed by atoms with E-state index in [9.17, 15) is 4.79 Å². The molecule has 0 saturated carbocycles. The molecule has 1 saturated heterocycles. The molecule has 0 spiro atoms. The fourth-order valence-electron chi connectivity index (χ4n) is 3.44. The summed E-state index contributed by atoms with van der Waals surface area (Å²) in [7, 11) is 0. The van der Waals surface area contributed by atoms with Crippen LogP contribution in [0, 0.1) is 0 Å². The molecular formula is C19H18ClN3O. The van der Waals surface area contributed by atoms with Crippen LogP contribution in [0.15, 0.2) is 48.8 Å². The number of carbonyl (C=O) groups excluding carboxylic acids is 1. The van der Waals surface area contributed by atoms with Crippen molar-refractivity contribution in [3.05, 3.63) is 65.1 Å². The van der Waals surface area contributed by atoms with Crippen LogP contribution >= 0.6 is 11.6 Å². The summed E-state index contributed by atoms with van der Waals surface area (Å²) in [5.41, 5.74) is 2.89. The zero-order chi connectivity index (χ0) is 16.5. The van der Waals surface area contributed by atoms with Crippen LogP contribution in [0.1, 0.15) is 34.8 Å². The lowest BCUT2D eigenvalue weighted by molar-refractivity contribution is 0.0708. The van der Waals surface area contributed by atoms with Crippen LogP contribution < -0.4 is 0 Å². The molecule has 0 bridgehead atoms. The van der Waals surface area contributed by atoms with Gasteiger partial charge in [0.05, 0.1) is 0 Å². The van der Waals surface area contributed by atoms with E-state index in [4.69, 9.17) is 11.6 Å². The number of aromatic amines is 1. The Kier molecular flexibility index (Phi) is 3.98. The monoisotopic (exact) mass is 339 g/mol. The van der Waals surface area contributed by atoms with Crippen molar-refractivity contribution in [1.82, 2.24) is 14.9 Å². The van der Waals surface area contributed by atoms with Gasteiger partial charge < -0.3 is 9.88 Å². The molecule has 4 nitrogen and oxygen atoms in total. The van der Waals surface area contributed by atoms with Crippen molar-refractivity contribution in [2.24, 2.45) is 0 Å². The van der Waals surface area contributed by atoms with E-state index < -0.39 is 0 Å². The van der Waals surface area contributed by atoms with Crippen LogP contribution in [-0.2, 0) is 0 Å². The minimum absolute atomic E-state index is 0.0653. The lowest BCUT2D eigenvalue weighted by atomic mass is 9.90. The van der Waals surface area contributed by atoms with Gasteiger partial charge in [-0.05, 0) is 60.7 Å². The molecule has 1 N–H and O–H groups in total. The third kappa shape index (κ3) is 2.89. The lowest BCUT2D eigenvalue weighted by Gasteiger charge is -2.32. The van der Waals surface area contributed by atoms with Crippen molar-refractivity contribution in [3.63, 3.8) is 0 Å². The summed E-state index contributed by atoms with van der Waals surface area (Å²) in [4.78, 5) is 22.0. The highest BCUT2D eigenvalue weighted by atomic mass is 35.5. The number of benzene rings is 1. The molecule has 122 valence electrons. The van der Waals surface area contributed by atoms with Crippen LogP contribution in [0.25, 0.3) is 10.9 Å². The van der Waals surface area contributed by atoms with E-state index in [1.54, 1.807) is 0 Å². The Hall–Kier alpha value is -2.33. The number of hydrogen-bond acceptors (Lipinski definition) is 2. The van der Waals surface area contributed by atoms with Gasteiger partial charge in [0.2, 0.25) is 0 Å². The van der Waals surface area contributed by atoms with Gasteiger partial charge in [0.1, 0.15) is 5.69 Å². The lowest BCUT2D eigenvalue weighted by Crippen LogP contribution is -2.38. The molecule has 0 aliphatic carbocycles. The Morgan fingerprint density at radius 1 is 1.12 bits per heavy atom. The molecule has 4 rings (SSSR count). The fraction of sp³-hybridized carbons (Fsp3) is 0.263. The van der Waals surface area contributed by atoms with Crippen molar-refractivity contribution >= 4 is 28.4 Å². The predicted octanol–water partition coefficient (Wildman–Crippen LogP) is 4.24. The summed E-state index contributed by atoms with van der Waals surface area (Å²) in [5.74, 6) is 0.578. The number of piperidine rings is 1. The molecule has 1 fully saturated rings. The number of amides is 1. The summed E-state index contributed by atoms with van der Waals surface area (Å²) in [5, 5.41) is 1.65.